The number of piperidine rings is 1. The summed E-state index contributed by atoms with van der Waals surface area (Å²) >= 11 is 0. The topological polar surface area (TPSA) is 15.3 Å². The molecule has 0 atom stereocenters. The van der Waals surface area contributed by atoms with Gasteiger partial charge < -0.3 is 5.32 Å². The minimum atomic E-state index is 0.752. The normalized spacial score (nSPS) is 19.2. The summed E-state index contributed by atoms with van der Waals surface area (Å²) in [5.41, 5.74) is 0. The van der Waals surface area contributed by atoms with E-state index in [1.807, 2.05) is 6.08 Å². The summed E-state index contributed by atoms with van der Waals surface area (Å²) in [7, 11) is 0. The van der Waals surface area contributed by atoms with Crippen molar-refractivity contribution in [1.82, 2.24) is 10.2 Å². The fourth-order valence-electron chi connectivity index (χ4n) is 2.41. The Kier molecular flexibility index (Phi) is 6.74. The largest absolute Gasteiger partial charge is 0.314 e. The minimum absolute atomic E-state index is 0.752. The SMILES string of the molecule is C=CCN1CCC(NCC(CC)CC)CC1. The van der Waals surface area contributed by atoms with E-state index in [2.05, 4.69) is 30.6 Å². The van der Waals surface area contributed by atoms with Crippen LogP contribution in [-0.2, 0) is 0 Å². The highest BCUT2D eigenvalue weighted by atomic mass is 15.1. The standard InChI is InChI=1S/C14H28N2/c1-4-9-16-10-7-14(8-11-16)15-12-13(5-2)6-3/h4,13-15H,1,5-12H2,2-3H3. The van der Waals surface area contributed by atoms with Crippen molar-refractivity contribution >= 4 is 0 Å². The fourth-order valence-corrected chi connectivity index (χ4v) is 2.41. The Bertz CT molecular complexity index is 179. The average Bonchev–Trinajstić information content (AvgIpc) is 2.33. The van der Waals surface area contributed by atoms with Crippen LogP contribution in [0.15, 0.2) is 12.7 Å². The molecule has 0 unspecified atom stereocenters. The van der Waals surface area contributed by atoms with Gasteiger partial charge in [0.1, 0.15) is 0 Å². The van der Waals surface area contributed by atoms with Gasteiger partial charge in [-0.1, -0.05) is 32.8 Å². The van der Waals surface area contributed by atoms with Crippen molar-refractivity contribution in [3.8, 4) is 0 Å². The first-order valence-electron chi connectivity index (χ1n) is 6.86. The molecule has 0 aromatic carbocycles. The van der Waals surface area contributed by atoms with Crippen LogP contribution in [0, 0.1) is 5.92 Å². The van der Waals surface area contributed by atoms with Gasteiger partial charge in [-0.25, -0.2) is 0 Å². The van der Waals surface area contributed by atoms with E-state index in [4.69, 9.17) is 0 Å². The molecule has 1 N–H and O–H groups in total. The van der Waals surface area contributed by atoms with Gasteiger partial charge in [-0.2, -0.15) is 0 Å². The fraction of sp³-hybridized carbons (Fsp3) is 0.857. The molecule has 0 saturated carbocycles. The summed E-state index contributed by atoms with van der Waals surface area (Å²) in [4.78, 5) is 2.49. The van der Waals surface area contributed by atoms with E-state index < -0.39 is 0 Å². The summed E-state index contributed by atoms with van der Waals surface area (Å²) in [6.07, 6.45) is 7.22. The maximum atomic E-state index is 3.80. The minimum Gasteiger partial charge on any atom is -0.314 e. The van der Waals surface area contributed by atoms with Crippen molar-refractivity contribution in [3.05, 3.63) is 12.7 Å². The first kappa shape index (κ1) is 13.7. The summed E-state index contributed by atoms with van der Waals surface area (Å²) in [6.45, 7) is 13.1. The van der Waals surface area contributed by atoms with Crippen LogP contribution in [0.4, 0.5) is 0 Å². The molecule has 0 aromatic rings. The lowest BCUT2D eigenvalue weighted by molar-refractivity contribution is 0.210. The smallest absolute Gasteiger partial charge is 0.0160 e. The van der Waals surface area contributed by atoms with Gasteiger partial charge in [0.2, 0.25) is 0 Å². The summed E-state index contributed by atoms with van der Waals surface area (Å²) in [5, 5.41) is 3.73. The number of hydrogen-bond donors (Lipinski definition) is 1. The molecule has 0 aromatic heterocycles. The van der Waals surface area contributed by atoms with Crippen LogP contribution >= 0.6 is 0 Å². The van der Waals surface area contributed by atoms with Crippen LogP contribution < -0.4 is 5.32 Å². The molecule has 2 heteroatoms. The molecule has 2 nitrogen and oxygen atoms in total. The highest BCUT2D eigenvalue weighted by Crippen LogP contribution is 2.12. The third-order valence-electron chi connectivity index (χ3n) is 3.82. The van der Waals surface area contributed by atoms with Gasteiger partial charge in [0.05, 0.1) is 0 Å². The molecule has 0 amide bonds. The monoisotopic (exact) mass is 224 g/mol. The molecule has 1 saturated heterocycles. The van der Waals surface area contributed by atoms with Gasteiger partial charge in [0, 0.05) is 12.6 Å². The summed E-state index contributed by atoms with van der Waals surface area (Å²) in [5.74, 6) is 0.867. The number of nitrogens with zero attached hydrogens (tertiary/aromatic N) is 1. The Hall–Kier alpha value is -0.340. The molecule has 1 heterocycles. The first-order chi connectivity index (χ1) is 7.80. The molecule has 1 rings (SSSR count). The third-order valence-corrected chi connectivity index (χ3v) is 3.82. The molecule has 16 heavy (non-hydrogen) atoms. The molecule has 0 radical (unpaired) electrons. The second-order valence-corrected chi connectivity index (χ2v) is 4.95. The van der Waals surface area contributed by atoms with Crippen molar-refractivity contribution in [2.75, 3.05) is 26.2 Å². The lowest BCUT2D eigenvalue weighted by Gasteiger charge is -2.32. The average molecular weight is 224 g/mol. The van der Waals surface area contributed by atoms with Crippen molar-refractivity contribution in [1.29, 1.82) is 0 Å². The quantitative estimate of drug-likeness (QED) is 0.669. The van der Waals surface area contributed by atoms with E-state index in [1.165, 1.54) is 45.3 Å². The van der Waals surface area contributed by atoms with Crippen LogP contribution in [0.1, 0.15) is 39.5 Å². The van der Waals surface area contributed by atoms with Gasteiger partial charge in [-0.3, -0.25) is 4.90 Å². The molecule has 1 aliphatic rings. The van der Waals surface area contributed by atoms with E-state index in [0.717, 1.165) is 18.5 Å². The van der Waals surface area contributed by atoms with Crippen LogP contribution in [0.25, 0.3) is 0 Å². The first-order valence-corrected chi connectivity index (χ1v) is 6.86. The van der Waals surface area contributed by atoms with Crippen LogP contribution in [0.2, 0.25) is 0 Å². The Labute approximate surface area is 101 Å². The zero-order valence-electron chi connectivity index (χ0n) is 11.0. The highest BCUT2D eigenvalue weighted by Gasteiger charge is 2.18. The van der Waals surface area contributed by atoms with Crippen molar-refractivity contribution in [3.63, 3.8) is 0 Å². The molecular formula is C14H28N2. The Morgan fingerprint density at radius 2 is 1.94 bits per heavy atom. The van der Waals surface area contributed by atoms with Gasteiger partial charge in [-0.05, 0) is 38.4 Å². The van der Waals surface area contributed by atoms with E-state index in [0.29, 0.717) is 0 Å². The lowest BCUT2D eigenvalue weighted by Crippen LogP contribution is -2.43. The Morgan fingerprint density at radius 3 is 2.44 bits per heavy atom. The predicted molar refractivity (Wildman–Crippen MR) is 71.7 cm³/mol. The van der Waals surface area contributed by atoms with Crippen molar-refractivity contribution < 1.29 is 0 Å². The maximum Gasteiger partial charge on any atom is 0.0160 e. The zero-order chi connectivity index (χ0) is 11.8. The Morgan fingerprint density at radius 1 is 1.31 bits per heavy atom. The number of likely N-dealkylation sites (tertiary alicyclic amines) is 1. The van der Waals surface area contributed by atoms with Gasteiger partial charge in [-0.15, -0.1) is 6.58 Å². The van der Waals surface area contributed by atoms with Gasteiger partial charge in [0.25, 0.3) is 0 Å². The predicted octanol–water partition coefficient (Wildman–Crippen LogP) is 2.66. The Balaban J connectivity index is 2.14. The lowest BCUT2D eigenvalue weighted by atomic mass is 10.0. The second-order valence-electron chi connectivity index (χ2n) is 4.95. The maximum absolute atomic E-state index is 3.80. The second kappa shape index (κ2) is 7.86. The molecule has 0 spiro atoms. The van der Waals surface area contributed by atoms with E-state index in [-0.39, 0.29) is 0 Å². The number of nitrogens with one attached hydrogen (secondary N) is 1. The van der Waals surface area contributed by atoms with E-state index in [1.54, 1.807) is 0 Å². The molecule has 1 fully saturated rings. The van der Waals surface area contributed by atoms with Gasteiger partial charge >= 0.3 is 0 Å². The van der Waals surface area contributed by atoms with Gasteiger partial charge in [0.15, 0.2) is 0 Å². The zero-order valence-corrected chi connectivity index (χ0v) is 11.0. The van der Waals surface area contributed by atoms with Crippen LogP contribution in [0.5, 0.6) is 0 Å². The van der Waals surface area contributed by atoms with Crippen LogP contribution in [-0.4, -0.2) is 37.1 Å². The third kappa shape index (κ3) is 4.67. The molecule has 0 aliphatic carbocycles. The summed E-state index contributed by atoms with van der Waals surface area (Å²) in [6, 6.07) is 0.752. The van der Waals surface area contributed by atoms with Crippen molar-refractivity contribution in [2.45, 2.75) is 45.6 Å². The molecule has 94 valence electrons. The molecular weight excluding hydrogens is 196 g/mol. The summed E-state index contributed by atoms with van der Waals surface area (Å²) < 4.78 is 0. The number of hydrogen-bond acceptors (Lipinski definition) is 2. The van der Waals surface area contributed by atoms with E-state index >= 15 is 0 Å². The van der Waals surface area contributed by atoms with Crippen LogP contribution in [0.3, 0.4) is 0 Å². The highest BCUT2D eigenvalue weighted by molar-refractivity contribution is 4.81. The molecule has 0 bridgehead atoms. The van der Waals surface area contributed by atoms with E-state index in [9.17, 15) is 0 Å². The molecule has 1 aliphatic heterocycles. The van der Waals surface area contributed by atoms with Crippen molar-refractivity contribution in [2.24, 2.45) is 5.92 Å². The number of rotatable bonds is 7.